The molecule has 1 fully saturated rings. The van der Waals surface area contributed by atoms with Crippen molar-refractivity contribution in [1.29, 1.82) is 0 Å². The Kier molecular flexibility index (Phi) is 9.14. The van der Waals surface area contributed by atoms with E-state index in [1.165, 1.54) is 35.2 Å². The first kappa shape index (κ1) is 25.8. The number of halogens is 1. The fraction of sp³-hybridized carbons (Fsp3) is 0.417. The van der Waals surface area contributed by atoms with Crippen molar-refractivity contribution in [2.45, 2.75) is 49.6 Å². The van der Waals surface area contributed by atoms with Gasteiger partial charge in [0.05, 0.1) is 17.5 Å². The Balaban J connectivity index is 1.82. The van der Waals surface area contributed by atoms with E-state index in [1.54, 1.807) is 18.2 Å². The van der Waals surface area contributed by atoms with Gasteiger partial charge in [-0.2, -0.15) is 0 Å². The van der Waals surface area contributed by atoms with Crippen LogP contribution < -0.4 is 14.9 Å². The van der Waals surface area contributed by atoms with Gasteiger partial charge in [0.25, 0.3) is 0 Å². The minimum absolute atomic E-state index is 0.0134. The number of nitrogens with one attached hydrogen (secondary N) is 2. The second-order valence-corrected chi connectivity index (χ2v) is 9.83. The van der Waals surface area contributed by atoms with Crippen molar-refractivity contribution in [2.75, 3.05) is 24.6 Å². The molecule has 2 aromatic rings. The Morgan fingerprint density at radius 3 is 2.59 bits per heavy atom. The van der Waals surface area contributed by atoms with Gasteiger partial charge in [-0.3, -0.25) is 14.5 Å². The Hall–Kier alpha value is -2.82. The fourth-order valence-electron chi connectivity index (χ4n) is 3.84. The van der Waals surface area contributed by atoms with Gasteiger partial charge in [-0.1, -0.05) is 37.6 Å². The number of amides is 2. The van der Waals surface area contributed by atoms with Crippen molar-refractivity contribution in [3.63, 3.8) is 0 Å². The minimum atomic E-state index is -3.95. The molecule has 2 N–H and O–H groups in total. The van der Waals surface area contributed by atoms with E-state index in [1.807, 2.05) is 6.92 Å². The molecule has 1 aliphatic rings. The van der Waals surface area contributed by atoms with Gasteiger partial charge in [0, 0.05) is 18.8 Å². The number of carbonyl (C=O) groups is 2. The van der Waals surface area contributed by atoms with E-state index in [4.69, 9.17) is 4.74 Å². The maximum Gasteiger partial charge on any atom is 0.243 e. The molecule has 1 saturated heterocycles. The topological polar surface area (TPSA) is 105 Å². The van der Waals surface area contributed by atoms with Gasteiger partial charge in [-0.15, -0.1) is 0 Å². The lowest BCUT2D eigenvalue weighted by Gasteiger charge is -2.31. The Morgan fingerprint density at radius 2 is 1.94 bits per heavy atom. The molecule has 2 aromatic carbocycles. The molecule has 0 bridgehead atoms. The molecule has 1 aliphatic heterocycles. The number of hydrogen-bond donors (Lipinski definition) is 2. The third kappa shape index (κ3) is 6.85. The monoisotopic (exact) mass is 491 g/mol. The number of anilines is 1. The van der Waals surface area contributed by atoms with Gasteiger partial charge < -0.3 is 10.1 Å². The number of rotatable bonds is 11. The molecule has 0 saturated carbocycles. The maximum absolute atomic E-state index is 14.0. The predicted molar refractivity (Wildman–Crippen MR) is 126 cm³/mol. The van der Waals surface area contributed by atoms with Crippen LogP contribution in [0.2, 0.25) is 0 Å². The summed E-state index contributed by atoms with van der Waals surface area (Å²) in [7, 11) is -3.95. The van der Waals surface area contributed by atoms with Crippen LogP contribution in [0.15, 0.2) is 59.5 Å². The predicted octanol–water partition coefficient (Wildman–Crippen LogP) is 2.60. The molecule has 0 radical (unpaired) electrons. The van der Waals surface area contributed by atoms with Gasteiger partial charge in [-0.25, -0.2) is 17.5 Å². The van der Waals surface area contributed by atoms with Crippen molar-refractivity contribution >= 4 is 27.5 Å². The van der Waals surface area contributed by atoms with Crippen LogP contribution in [-0.2, 0) is 24.3 Å². The summed E-state index contributed by atoms with van der Waals surface area (Å²) < 4.78 is 47.0. The first-order valence-corrected chi connectivity index (χ1v) is 12.8. The van der Waals surface area contributed by atoms with Gasteiger partial charge >= 0.3 is 0 Å². The summed E-state index contributed by atoms with van der Waals surface area (Å²) in [6, 6.07) is 12.1. The number of hydrogen-bond acceptors (Lipinski definition) is 5. The molecule has 0 aromatic heterocycles. The smallest absolute Gasteiger partial charge is 0.243 e. The molecule has 8 nitrogen and oxygen atoms in total. The first-order chi connectivity index (χ1) is 16.3. The van der Waals surface area contributed by atoms with Crippen LogP contribution in [0.1, 0.15) is 32.6 Å². The van der Waals surface area contributed by atoms with Gasteiger partial charge in [0.2, 0.25) is 21.8 Å². The number of carbonyl (C=O) groups excluding carboxylic acids is 2. The van der Waals surface area contributed by atoms with Gasteiger partial charge in [-0.05, 0) is 49.6 Å². The third-order valence-electron chi connectivity index (χ3n) is 5.53. The Morgan fingerprint density at radius 1 is 1.18 bits per heavy atom. The van der Waals surface area contributed by atoms with Crippen LogP contribution in [0.4, 0.5) is 10.1 Å². The summed E-state index contributed by atoms with van der Waals surface area (Å²) >= 11 is 0. The average Bonchev–Trinajstić information content (AvgIpc) is 3.35. The Labute approximate surface area is 199 Å². The number of sulfonamides is 1. The van der Waals surface area contributed by atoms with E-state index >= 15 is 0 Å². The van der Waals surface area contributed by atoms with E-state index in [-0.39, 0.29) is 16.7 Å². The summed E-state index contributed by atoms with van der Waals surface area (Å²) in [5.41, 5.74) is 0.176. The van der Waals surface area contributed by atoms with E-state index < -0.39 is 40.2 Å². The number of benzene rings is 2. The summed E-state index contributed by atoms with van der Waals surface area (Å²) in [6.45, 7) is 2.24. The van der Waals surface area contributed by atoms with Crippen molar-refractivity contribution in [1.82, 2.24) is 10.0 Å². The maximum atomic E-state index is 14.0. The molecule has 184 valence electrons. The molecule has 3 rings (SSSR count). The highest BCUT2D eigenvalue weighted by molar-refractivity contribution is 7.89. The summed E-state index contributed by atoms with van der Waals surface area (Å²) in [5.74, 6) is -1.65. The summed E-state index contributed by atoms with van der Waals surface area (Å²) in [6.07, 6.45) is 2.57. The zero-order chi connectivity index (χ0) is 24.6. The molecule has 10 heteroatoms. The third-order valence-corrected chi connectivity index (χ3v) is 6.94. The van der Waals surface area contributed by atoms with Crippen LogP contribution in [0.5, 0.6) is 0 Å². The van der Waals surface area contributed by atoms with Crippen molar-refractivity contribution in [3.05, 3.63) is 60.4 Å². The molecule has 2 atom stereocenters. The normalized spacial score (nSPS) is 16.7. The van der Waals surface area contributed by atoms with Gasteiger partial charge in [0.15, 0.2) is 0 Å². The highest BCUT2D eigenvalue weighted by atomic mass is 32.2. The number of ether oxygens (including phenoxy) is 1. The lowest BCUT2D eigenvalue weighted by Crippen LogP contribution is -2.53. The molecule has 0 unspecified atom stereocenters. The molecular weight excluding hydrogens is 461 g/mol. The van der Waals surface area contributed by atoms with E-state index in [0.717, 1.165) is 18.9 Å². The lowest BCUT2D eigenvalue weighted by molar-refractivity contribution is -0.126. The number of nitrogens with zero attached hydrogens (tertiary/aromatic N) is 1. The van der Waals surface area contributed by atoms with E-state index in [9.17, 15) is 22.4 Å². The molecule has 0 spiro atoms. The summed E-state index contributed by atoms with van der Waals surface area (Å²) in [5, 5.41) is 2.84. The largest absolute Gasteiger partial charge is 0.376 e. The summed E-state index contributed by atoms with van der Waals surface area (Å²) in [4.78, 5) is 27.6. The Bertz CT molecular complexity index is 1080. The van der Waals surface area contributed by atoms with Crippen molar-refractivity contribution < 1.29 is 27.1 Å². The van der Waals surface area contributed by atoms with E-state index in [2.05, 4.69) is 10.0 Å². The van der Waals surface area contributed by atoms with Crippen LogP contribution in [0.3, 0.4) is 0 Å². The SMILES string of the molecule is CCC[C@@H](C(=O)NC[C@@H]1CCCO1)N(C(=O)CNS(=O)(=O)c1ccccc1)c1cccc(F)c1. The second kappa shape index (κ2) is 12.0. The van der Waals surface area contributed by atoms with Crippen molar-refractivity contribution in [2.24, 2.45) is 0 Å². The van der Waals surface area contributed by atoms with E-state index in [0.29, 0.717) is 26.0 Å². The highest BCUT2D eigenvalue weighted by Crippen LogP contribution is 2.22. The first-order valence-electron chi connectivity index (χ1n) is 11.3. The highest BCUT2D eigenvalue weighted by Gasteiger charge is 2.32. The molecule has 0 aliphatic carbocycles. The van der Waals surface area contributed by atoms with Crippen molar-refractivity contribution in [3.8, 4) is 0 Å². The van der Waals surface area contributed by atoms with Crippen LogP contribution >= 0.6 is 0 Å². The molecule has 2 amide bonds. The van der Waals surface area contributed by atoms with Crippen LogP contribution in [0.25, 0.3) is 0 Å². The molecular formula is C24H30FN3O5S. The zero-order valence-electron chi connectivity index (χ0n) is 19.1. The standard InChI is InChI=1S/C24H30FN3O5S/c1-2-8-22(24(30)26-16-20-11-7-14-33-20)28(19-10-6-9-18(25)15-19)23(29)17-27-34(31,32)21-12-4-3-5-13-21/h3-6,9-10,12-13,15,20,22,27H,2,7-8,11,14,16-17H2,1H3,(H,26,30)/t20-,22-/m0/s1. The minimum Gasteiger partial charge on any atom is -0.376 e. The molecule has 1 heterocycles. The van der Waals surface area contributed by atoms with Gasteiger partial charge in [0.1, 0.15) is 11.9 Å². The second-order valence-electron chi connectivity index (χ2n) is 8.07. The average molecular weight is 492 g/mol. The molecule has 34 heavy (non-hydrogen) atoms. The van der Waals surface area contributed by atoms with Crippen LogP contribution in [0, 0.1) is 5.82 Å². The zero-order valence-corrected chi connectivity index (χ0v) is 19.9. The lowest BCUT2D eigenvalue weighted by atomic mass is 10.1. The quantitative estimate of drug-likeness (QED) is 0.503. The van der Waals surface area contributed by atoms with Crippen LogP contribution in [-0.4, -0.2) is 52.1 Å². The fourth-order valence-corrected chi connectivity index (χ4v) is 4.83.